The number of fused-ring (bicyclic) bond motifs is 1. The van der Waals surface area contributed by atoms with Crippen molar-refractivity contribution in [2.24, 2.45) is 5.73 Å². The smallest absolute Gasteiger partial charge is 0.481 e. The molecule has 2 fully saturated rings. The number of phosphoric acid groups is 2. The molecule has 26 heteroatoms. The molecule has 0 spiro atoms. The number of phosphoric ester groups is 2. The number of amides is 2. The van der Waals surface area contributed by atoms with Crippen molar-refractivity contribution in [2.75, 3.05) is 18.5 Å². The Morgan fingerprint density at radius 2 is 1.59 bits per heavy atom. The maximum absolute atomic E-state index is 12.5. The number of carbonyl (C=O) groups is 3. The first-order valence-electron chi connectivity index (χ1n) is 14.7. The number of imidazole rings is 1. The molecular weight excluding hydrogens is 732 g/mol. The van der Waals surface area contributed by atoms with Crippen LogP contribution in [0.3, 0.4) is 0 Å². The number of nitrogens with zero attached hydrogens (tertiary/aromatic N) is 5. The molecule has 10 atom stereocenters. The molecule has 278 valence electrons. The first kappa shape index (κ1) is 38.4. The highest BCUT2D eigenvalue weighted by Gasteiger charge is 2.50. The number of aliphatic hydroxyl groups excluding tert-OH is 4. The number of aliphatic hydroxyl groups is 4. The van der Waals surface area contributed by atoms with Gasteiger partial charge in [-0.2, -0.15) is 8.88 Å². The predicted molar refractivity (Wildman–Crippen MR) is 160 cm³/mol. The SMILES string of the molecule is NC(=O)c1ccc[n+]([C@@H]2O[C@H](COP(=O)(O)OP(=O)(O)OC[C@H]3O[C@@H](n4cnc5c(NC(=O)CCC(=O)O)ncnc54)[C@H](O)[C@@H]3O)[C@@H](O)[C@H]2O)c1. The molecule has 2 aliphatic rings. The van der Waals surface area contributed by atoms with Gasteiger partial charge >= 0.3 is 21.6 Å². The van der Waals surface area contributed by atoms with E-state index in [1.54, 1.807) is 0 Å². The summed E-state index contributed by atoms with van der Waals surface area (Å²) >= 11 is 0. The summed E-state index contributed by atoms with van der Waals surface area (Å²) in [5.41, 5.74) is 5.31. The highest BCUT2D eigenvalue weighted by atomic mass is 31.3. The molecule has 0 aliphatic carbocycles. The Hall–Kier alpha value is -3.87. The van der Waals surface area contributed by atoms with Crippen molar-refractivity contribution >= 4 is 50.4 Å². The number of pyridine rings is 1. The number of carboxylic acids is 1. The quantitative estimate of drug-likeness (QED) is 0.0557. The van der Waals surface area contributed by atoms with Gasteiger partial charge in [0.1, 0.15) is 42.4 Å². The van der Waals surface area contributed by atoms with E-state index in [9.17, 15) is 53.7 Å². The molecule has 0 bridgehead atoms. The van der Waals surface area contributed by atoms with Crippen LogP contribution in [0.5, 0.6) is 0 Å². The van der Waals surface area contributed by atoms with Crippen molar-refractivity contribution < 1.29 is 86.2 Å². The number of nitrogens with one attached hydrogen (secondary N) is 1. The highest BCUT2D eigenvalue weighted by Crippen LogP contribution is 2.60. The third kappa shape index (κ3) is 8.96. The molecule has 10 N–H and O–H groups in total. The minimum absolute atomic E-state index is 0.00106. The third-order valence-corrected chi connectivity index (χ3v) is 10.1. The van der Waals surface area contributed by atoms with Gasteiger partial charge in [-0.15, -0.1) is 0 Å². The fourth-order valence-corrected chi connectivity index (χ4v) is 7.16. The molecule has 24 nitrogen and oxygen atoms in total. The zero-order valence-electron chi connectivity index (χ0n) is 25.8. The summed E-state index contributed by atoms with van der Waals surface area (Å²) in [6.07, 6.45) is -8.50. The standard InChI is InChI=1S/C25H31N7O17P2/c26-21(40)11-2-1-5-31(6-11)24-19(38)17(36)12(47-24)7-45-50(41,42)49-51(43,44)46-8-13-18(37)20(39)25(48-13)32-10-29-16-22(27-9-28-23(16)32)30-14(33)3-4-15(34)35/h1-2,5-6,9-10,12-13,17-20,24-25,36-39H,3-4,7-8H2,(H5-,26,27,28,30,33,34,35,40,41,42,43,44)/p+1/t12-,13-,17-,18-,19-,20-,24-,25-/m1/s1. The lowest BCUT2D eigenvalue weighted by Gasteiger charge is -2.20. The summed E-state index contributed by atoms with van der Waals surface area (Å²) in [6, 6.07) is 2.80. The van der Waals surface area contributed by atoms with Crippen LogP contribution in [-0.2, 0) is 41.6 Å². The number of nitrogens with two attached hydrogens (primary N) is 1. The average Bonchev–Trinajstić information content (AvgIpc) is 3.71. The number of aliphatic carboxylic acids is 1. The van der Waals surface area contributed by atoms with Crippen LogP contribution in [0.4, 0.5) is 5.82 Å². The van der Waals surface area contributed by atoms with E-state index in [4.69, 9.17) is 29.4 Å². The number of anilines is 1. The van der Waals surface area contributed by atoms with Crippen LogP contribution in [0.15, 0.2) is 37.2 Å². The summed E-state index contributed by atoms with van der Waals surface area (Å²) in [6.45, 7) is -1.91. The molecule has 5 heterocycles. The van der Waals surface area contributed by atoms with E-state index in [0.29, 0.717) is 0 Å². The molecule has 2 saturated heterocycles. The fraction of sp³-hybridized carbons (Fsp3) is 0.480. The molecule has 3 aromatic rings. The zero-order valence-corrected chi connectivity index (χ0v) is 27.6. The van der Waals surface area contributed by atoms with E-state index < -0.39 is 102 Å². The van der Waals surface area contributed by atoms with Crippen molar-refractivity contribution in [1.29, 1.82) is 0 Å². The number of aromatic nitrogens is 5. The number of carbonyl (C=O) groups excluding carboxylic acids is 2. The number of rotatable bonds is 15. The average molecular weight is 765 g/mol. The Morgan fingerprint density at radius 1 is 0.941 bits per heavy atom. The van der Waals surface area contributed by atoms with Crippen LogP contribution in [0.1, 0.15) is 35.7 Å². The normalized spacial score (nSPS) is 28.7. The van der Waals surface area contributed by atoms with Gasteiger partial charge in [0.25, 0.3) is 12.1 Å². The first-order valence-corrected chi connectivity index (χ1v) is 17.6. The fourth-order valence-electron chi connectivity index (χ4n) is 5.06. The second-order valence-corrected chi connectivity index (χ2v) is 14.1. The van der Waals surface area contributed by atoms with Gasteiger partial charge in [0, 0.05) is 12.5 Å². The van der Waals surface area contributed by atoms with Gasteiger partial charge < -0.3 is 55.8 Å². The van der Waals surface area contributed by atoms with Gasteiger partial charge in [0.05, 0.1) is 26.0 Å². The Morgan fingerprint density at radius 3 is 2.24 bits per heavy atom. The van der Waals surface area contributed by atoms with E-state index in [0.717, 1.165) is 17.2 Å². The summed E-state index contributed by atoms with van der Waals surface area (Å²) in [7, 11) is -10.9. The maximum atomic E-state index is 12.5. The summed E-state index contributed by atoms with van der Waals surface area (Å²) in [4.78, 5) is 66.5. The lowest BCUT2D eigenvalue weighted by molar-refractivity contribution is -0.765. The summed E-state index contributed by atoms with van der Waals surface area (Å²) < 4.78 is 52.2. The number of hydrogen-bond donors (Lipinski definition) is 9. The Bertz CT molecular complexity index is 1880. The molecule has 2 amide bonds. The van der Waals surface area contributed by atoms with Crippen LogP contribution < -0.4 is 15.6 Å². The second kappa shape index (κ2) is 15.4. The topological polar surface area (TPSA) is 359 Å². The zero-order chi connectivity index (χ0) is 37.2. The number of carboxylic acid groups (broad SMARTS) is 1. The van der Waals surface area contributed by atoms with Gasteiger partial charge in [-0.3, -0.25) is 28.0 Å². The first-order chi connectivity index (χ1) is 24.0. The van der Waals surface area contributed by atoms with Crippen molar-refractivity contribution in [3.05, 3.63) is 42.7 Å². The molecule has 2 unspecified atom stereocenters. The van der Waals surface area contributed by atoms with Crippen LogP contribution in [-0.4, -0.2) is 122 Å². The van der Waals surface area contributed by atoms with Crippen LogP contribution >= 0.6 is 15.6 Å². The van der Waals surface area contributed by atoms with Crippen LogP contribution in [0.25, 0.3) is 11.2 Å². The van der Waals surface area contributed by atoms with Crippen LogP contribution in [0.2, 0.25) is 0 Å². The van der Waals surface area contributed by atoms with Crippen molar-refractivity contribution in [3.63, 3.8) is 0 Å². The van der Waals surface area contributed by atoms with E-state index in [1.807, 2.05) is 0 Å². The molecule has 3 aromatic heterocycles. The number of primary amides is 1. The van der Waals surface area contributed by atoms with Gasteiger partial charge in [-0.1, -0.05) is 0 Å². The lowest BCUT2D eigenvalue weighted by atomic mass is 10.1. The van der Waals surface area contributed by atoms with Gasteiger partial charge in [-0.25, -0.2) is 24.1 Å². The van der Waals surface area contributed by atoms with Crippen molar-refractivity contribution in [1.82, 2.24) is 19.5 Å². The molecule has 5 rings (SSSR count). The molecular formula is C25H32N7O17P2+. The second-order valence-electron chi connectivity index (χ2n) is 11.1. The Kier molecular flexibility index (Phi) is 11.6. The highest BCUT2D eigenvalue weighted by molar-refractivity contribution is 7.61. The monoisotopic (exact) mass is 764 g/mol. The summed E-state index contributed by atoms with van der Waals surface area (Å²) in [5.74, 6) is -2.73. The molecule has 0 radical (unpaired) electrons. The van der Waals surface area contributed by atoms with Gasteiger partial charge in [-0.05, 0) is 6.07 Å². The van der Waals surface area contributed by atoms with E-state index in [1.165, 1.54) is 29.1 Å². The van der Waals surface area contributed by atoms with Gasteiger partial charge in [0.15, 0.2) is 41.7 Å². The number of hydrogen-bond acceptors (Lipinski definition) is 17. The minimum atomic E-state index is -5.46. The third-order valence-electron chi connectivity index (χ3n) is 7.54. The van der Waals surface area contributed by atoms with E-state index in [2.05, 4.69) is 24.6 Å². The maximum Gasteiger partial charge on any atom is 0.481 e. The van der Waals surface area contributed by atoms with E-state index in [-0.39, 0.29) is 29.0 Å². The minimum Gasteiger partial charge on any atom is -0.481 e. The summed E-state index contributed by atoms with van der Waals surface area (Å²) in [5, 5.41) is 53.2. The van der Waals surface area contributed by atoms with Crippen molar-refractivity contribution in [2.45, 2.75) is 61.9 Å². The largest absolute Gasteiger partial charge is 0.481 e. The van der Waals surface area contributed by atoms with E-state index >= 15 is 0 Å². The lowest BCUT2D eigenvalue weighted by Crippen LogP contribution is -2.46. The molecule has 0 aromatic carbocycles. The Labute approximate surface area is 285 Å². The van der Waals surface area contributed by atoms with Crippen LogP contribution in [0, 0.1) is 0 Å². The molecule has 51 heavy (non-hydrogen) atoms. The van der Waals surface area contributed by atoms with Gasteiger partial charge in [0.2, 0.25) is 5.91 Å². The molecule has 2 aliphatic heterocycles. The Balaban J connectivity index is 1.16. The van der Waals surface area contributed by atoms with Crippen molar-refractivity contribution in [3.8, 4) is 0 Å². The number of ether oxygens (including phenoxy) is 2. The molecule has 0 saturated carbocycles. The predicted octanol–water partition coefficient (Wildman–Crippen LogP) is -2.79.